The number of nitrogens with zero attached hydrogens (tertiary/aromatic N) is 1. The molecule has 0 amide bonds. The van der Waals surface area contributed by atoms with E-state index in [9.17, 15) is 13.2 Å². The first-order valence-corrected chi connectivity index (χ1v) is 2.73. The number of ether oxygens (including phenoxy) is 1. The summed E-state index contributed by atoms with van der Waals surface area (Å²) in [5.41, 5.74) is 0. The first-order valence-electron chi connectivity index (χ1n) is 2.73. The van der Waals surface area contributed by atoms with Crippen molar-refractivity contribution < 1.29 is 17.9 Å². The van der Waals surface area contributed by atoms with Crippen LogP contribution in [-0.4, -0.2) is 25.7 Å². The minimum atomic E-state index is -4.23. The molecular weight excluding hydrogens is 147 g/mol. The van der Waals surface area contributed by atoms with Crippen LogP contribution >= 0.6 is 0 Å². The molecule has 0 bridgehead atoms. The normalized spacial score (nSPS) is 12.4. The molecule has 0 aliphatic heterocycles. The maximum Gasteiger partial charge on any atom is 0.408 e. The van der Waals surface area contributed by atoms with E-state index in [1.54, 1.807) is 6.92 Å². The highest BCUT2D eigenvalue weighted by molar-refractivity contribution is 5.46. The van der Waals surface area contributed by atoms with Gasteiger partial charge in [-0.3, -0.25) is 0 Å². The van der Waals surface area contributed by atoms with E-state index in [2.05, 4.69) is 9.73 Å². The van der Waals surface area contributed by atoms with Crippen LogP contribution in [0.4, 0.5) is 13.2 Å². The third-order valence-electron chi connectivity index (χ3n) is 0.586. The SMILES string of the molecule is CCO/C=N\CC(F)(F)F. The van der Waals surface area contributed by atoms with Gasteiger partial charge in [0.05, 0.1) is 6.61 Å². The van der Waals surface area contributed by atoms with Gasteiger partial charge < -0.3 is 4.74 Å². The average molecular weight is 155 g/mol. The molecule has 0 radical (unpaired) electrons. The molecule has 0 spiro atoms. The van der Waals surface area contributed by atoms with Crippen molar-refractivity contribution in [3.8, 4) is 0 Å². The molecule has 0 aromatic rings. The minimum absolute atomic E-state index is 0.335. The van der Waals surface area contributed by atoms with Crippen LogP contribution in [0, 0.1) is 0 Å². The van der Waals surface area contributed by atoms with Crippen LogP contribution in [0.15, 0.2) is 4.99 Å². The van der Waals surface area contributed by atoms with Crippen molar-refractivity contribution in [2.75, 3.05) is 13.2 Å². The smallest absolute Gasteiger partial charge is 0.408 e. The Labute approximate surface area is 56.7 Å². The van der Waals surface area contributed by atoms with Crippen molar-refractivity contribution in [2.45, 2.75) is 13.1 Å². The van der Waals surface area contributed by atoms with Gasteiger partial charge in [0.2, 0.25) is 0 Å². The van der Waals surface area contributed by atoms with Gasteiger partial charge in [0.1, 0.15) is 6.54 Å². The first kappa shape index (κ1) is 9.26. The highest BCUT2D eigenvalue weighted by Gasteiger charge is 2.25. The van der Waals surface area contributed by atoms with Gasteiger partial charge in [-0.1, -0.05) is 0 Å². The predicted octanol–water partition coefficient (Wildman–Crippen LogP) is 1.61. The Balaban J connectivity index is 3.34. The summed E-state index contributed by atoms with van der Waals surface area (Å²) in [6, 6.07) is 0. The van der Waals surface area contributed by atoms with Crippen LogP contribution in [0.2, 0.25) is 0 Å². The summed E-state index contributed by atoms with van der Waals surface area (Å²) < 4.78 is 38.4. The summed E-state index contributed by atoms with van der Waals surface area (Å²) in [5, 5.41) is 0. The van der Waals surface area contributed by atoms with Gasteiger partial charge in [-0.15, -0.1) is 0 Å². The second-order valence-corrected chi connectivity index (χ2v) is 1.52. The number of halogens is 3. The van der Waals surface area contributed by atoms with Gasteiger partial charge in [0, 0.05) is 0 Å². The Morgan fingerprint density at radius 1 is 1.50 bits per heavy atom. The number of alkyl halides is 3. The van der Waals surface area contributed by atoms with Crippen molar-refractivity contribution in [3.63, 3.8) is 0 Å². The third-order valence-corrected chi connectivity index (χ3v) is 0.586. The maximum absolute atomic E-state index is 11.3. The summed E-state index contributed by atoms with van der Waals surface area (Å²) >= 11 is 0. The monoisotopic (exact) mass is 155 g/mol. The molecule has 0 heterocycles. The molecule has 0 atom stereocenters. The van der Waals surface area contributed by atoms with E-state index in [0.717, 1.165) is 6.40 Å². The van der Waals surface area contributed by atoms with Crippen molar-refractivity contribution in [1.29, 1.82) is 0 Å². The first-order chi connectivity index (χ1) is 4.56. The molecule has 60 valence electrons. The van der Waals surface area contributed by atoms with Crippen molar-refractivity contribution in [3.05, 3.63) is 0 Å². The van der Waals surface area contributed by atoms with Crippen LogP contribution in [0.3, 0.4) is 0 Å². The third kappa shape index (κ3) is 7.26. The highest BCUT2D eigenvalue weighted by Crippen LogP contribution is 2.13. The van der Waals surface area contributed by atoms with Gasteiger partial charge in [0.15, 0.2) is 6.40 Å². The topological polar surface area (TPSA) is 21.6 Å². The molecule has 2 nitrogen and oxygen atoms in total. The second kappa shape index (κ2) is 4.14. The number of aliphatic imine (C=N–C) groups is 1. The Morgan fingerprint density at radius 2 is 2.10 bits per heavy atom. The summed E-state index contributed by atoms with van der Waals surface area (Å²) in [4.78, 5) is 2.96. The Kier molecular flexibility index (Phi) is 3.83. The van der Waals surface area contributed by atoms with Gasteiger partial charge in [-0.05, 0) is 6.92 Å². The van der Waals surface area contributed by atoms with E-state index >= 15 is 0 Å². The Morgan fingerprint density at radius 3 is 2.50 bits per heavy atom. The molecule has 5 heteroatoms. The molecule has 0 saturated carbocycles. The zero-order valence-corrected chi connectivity index (χ0v) is 5.48. The highest BCUT2D eigenvalue weighted by atomic mass is 19.4. The van der Waals surface area contributed by atoms with Crippen LogP contribution < -0.4 is 0 Å². The quantitative estimate of drug-likeness (QED) is 0.448. The number of rotatable bonds is 3. The van der Waals surface area contributed by atoms with E-state index < -0.39 is 12.7 Å². The molecule has 10 heavy (non-hydrogen) atoms. The molecule has 0 aromatic carbocycles. The van der Waals surface area contributed by atoms with E-state index in [0.29, 0.717) is 6.61 Å². The maximum atomic E-state index is 11.3. The lowest BCUT2D eigenvalue weighted by Crippen LogP contribution is -2.12. The van der Waals surface area contributed by atoms with Crippen molar-refractivity contribution >= 4 is 6.40 Å². The summed E-state index contributed by atoms with van der Waals surface area (Å²) in [6.45, 7) is 0.827. The molecule has 0 N–H and O–H groups in total. The molecule has 0 fully saturated rings. The van der Waals surface area contributed by atoms with Crippen molar-refractivity contribution in [1.82, 2.24) is 0 Å². The number of hydrogen-bond acceptors (Lipinski definition) is 2. The van der Waals surface area contributed by atoms with Crippen molar-refractivity contribution in [2.24, 2.45) is 4.99 Å². The molecule has 0 aliphatic rings. The lowest BCUT2D eigenvalue weighted by Gasteiger charge is -1.99. The lowest BCUT2D eigenvalue weighted by atomic mass is 10.7. The fourth-order valence-electron chi connectivity index (χ4n) is 0.268. The molecular formula is C5H8F3NO. The van der Waals surface area contributed by atoms with E-state index in [1.165, 1.54) is 0 Å². The molecule has 0 unspecified atom stereocenters. The summed E-state index contributed by atoms with van der Waals surface area (Å²) in [6.07, 6.45) is -3.42. The van der Waals surface area contributed by atoms with Gasteiger partial charge in [-0.25, -0.2) is 4.99 Å². The second-order valence-electron chi connectivity index (χ2n) is 1.52. The van der Waals surface area contributed by atoms with Gasteiger partial charge >= 0.3 is 6.18 Å². The standard InChI is InChI=1S/C5H8F3NO/c1-2-10-4-9-3-5(6,7)8/h4H,2-3H2,1H3/b9-4-. The molecule has 0 aliphatic carbocycles. The lowest BCUT2D eigenvalue weighted by molar-refractivity contribution is -0.118. The van der Waals surface area contributed by atoms with Gasteiger partial charge in [0.25, 0.3) is 0 Å². The Bertz CT molecular complexity index is 110. The van der Waals surface area contributed by atoms with Crippen LogP contribution in [0.1, 0.15) is 6.92 Å². The number of hydrogen-bond donors (Lipinski definition) is 0. The molecule has 0 saturated heterocycles. The largest absolute Gasteiger partial charge is 0.484 e. The minimum Gasteiger partial charge on any atom is -0.484 e. The zero-order valence-electron chi connectivity index (χ0n) is 5.48. The van der Waals surface area contributed by atoms with Crippen LogP contribution in [-0.2, 0) is 4.74 Å². The van der Waals surface area contributed by atoms with Crippen LogP contribution in [0.5, 0.6) is 0 Å². The molecule has 0 rings (SSSR count). The fraction of sp³-hybridized carbons (Fsp3) is 0.800. The zero-order chi connectivity index (χ0) is 8.04. The fourth-order valence-corrected chi connectivity index (χ4v) is 0.268. The van der Waals surface area contributed by atoms with E-state index in [1.807, 2.05) is 0 Å². The molecule has 0 aromatic heterocycles. The summed E-state index contributed by atoms with van der Waals surface area (Å²) in [7, 11) is 0. The van der Waals surface area contributed by atoms with E-state index in [-0.39, 0.29) is 0 Å². The summed E-state index contributed by atoms with van der Waals surface area (Å²) in [5.74, 6) is 0. The average Bonchev–Trinajstić information content (AvgIpc) is 1.78. The predicted molar refractivity (Wildman–Crippen MR) is 31.0 cm³/mol. The van der Waals surface area contributed by atoms with Crippen LogP contribution in [0.25, 0.3) is 0 Å². The van der Waals surface area contributed by atoms with E-state index in [4.69, 9.17) is 0 Å². The van der Waals surface area contributed by atoms with Gasteiger partial charge in [-0.2, -0.15) is 13.2 Å². The Hall–Kier alpha value is -0.740.